The molecule has 1 nitrogen and oxygen atoms in total. The van der Waals surface area contributed by atoms with Crippen molar-refractivity contribution < 1.29 is 0 Å². The van der Waals surface area contributed by atoms with Crippen molar-refractivity contribution in [3.63, 3.8) is 0 Å². The number of rotatable bonds is 2. The molecule has 0 saturated heterocycles. The van der Waals surface area contributed by atoms with Gasteiger partial charge in [-0.1, -0.05) is 34.6 Å². The number of hydrogen-bond acceptors (Lipinski definition) is 1. The third-order valence-corrected chi connectivity index (χ3v) is 0.667. The minimum absolute atomic E-state index is 0. The Bertz CT molecular complexity index is 52.1. The van der Waals surface area contributed by atoms with E-state index >= 15 is 0 Å². The molecule has 11 heavy (non-hydrogen) atoms. The summed E-state index contributed by atoms with van der Waals surface area (Å²) in [7, 11) is 0. The molecular formula is C8H22ClMgN. The third-order valence-electron chi connectivity index (χ3n) is 0.667. The highest BCUT2D eigenvalue weighted by Crippen LogP contribution is 1.80. The molecule has 0 bridgehead atoms. The van der Waals surface area contributed by atoms with Gasteiger partial charge < -0.3 is 5.32 Å². The minimum atomic E-state index is 0. The fourth-order valence-electron chi connectivity index (χ4n) is 0.667. The van der Waals surface area contributed by atoms with Gasteiger partial charge in [-0.25, -0.2) is 0 Å². The Morgan fingerprint density at radius 3 is 1.27 bits per heavy atom. The molecule has 0 aliphatic heterocycles. The highest BCUT2D eigenvalue weighted by Gasteiger charge is 1.92. The molecule has 68 valence electrons. The first kappa shape index (κ1) is 17.9. The summed E-state index contributed by atoms with van der Waals surface area (Å²) in [5.41, 5.74) is 0. The first-order valence-electron chi connectivity index (χ1n) is 3.86. The van der Waals surface area contributed by atoms with Gasteiger partial charge in [0.05, 0.1) is 0 Å². The molecule has 0 saturated carbocycles. The lowest BCUT2D eigenvalue weighted by molar-refractivity contribution is 0.518. The summed E-state index contributed by atoms with van der Waals surface area (Å²) in [5, 5.41) is 3.31. The molecule has 0 aromatic rings. The van der Waals surface area contributed by atoms with E-state index in [4.69, 9.17) is 11.6 Å². The standard InChI is InChI=1S/C6H15N.C2H5Cl.Mg.2H/c1-5(2)7-6(3)4;1-2-3;;;/h5-7H,1-4H3;2H2,1H3;;;. The Balaban J connectivity index is -0.000000140. The van der Waals surface area contributed by atoms with Gasteiger partial charge in [0.25, 0.3) is 0 Å². The van der Waals surface area contributed by atoms with Crippen LogP contribution in [0.25, 0.3) is 0 Å². The summed E-state index contributed by atoms with van der Waals surface area (Å²) in [6.45, 7) is 10.5. The van der Waals surface area contributed by atoms with Crippen molar-refractivity contribution in [1.82, 2.24) is 5.32 Å². The SMILES string of the molecule is CC(C)NC(C)C.CCCl.[MgH2]. The van der Waals surface area contributed by atoms with Crippen molar-refractivity contribution in [3.8, 4) is 0 Å². The van der Waals surface area contributed by atoms with E-state index in [-0.39, 0.29) is 23.1 Å². The lowest BCUT2D eigenvalue weighted by Crippen LogP contribution is -2.29. The molecule has 0 aliphatic carbocycles. The molecule has 3 heteroatoms. The van der Waals surface area contributed by atoms with Crippen LogP contribution in [0.3, 0.4) is 0 Å². The maximum absolute atomic E-state index is 5.00. The molecule has 1 N–H and O–H groups in total. The average Bonchev–Trinajstić information content (AvgIpc) is 1.62. The lowest BCUT2D eigenvalue weighted by atomic mass is 10.3. The second-order valence-electron chi connectivity index (χ2n) is 2.74. The fraction of sp³-hybridized carbons (Fsp3) is 1.00. The molecule has 0 rings (SSSR count). The fourth-order valence-corrected chi connectivity index (χ4v) is 0.667. The smallest absolute Gasteiger partial charge is 0.312 e. The first-order chi connectivity index (χ1) is 4.54. The summed E-state index contributed by atoms with van der Waals surface area (Å²) in [6.07, 6.45) is 0. The number of nitrogens with one attached hydrogen (secondary N) is 1. The molecule has 0 unspecified atom stereocenters. The molecule has 0 aromatic heterocycles. The van der Waals surface area contributed by atoms with Gasteiger partial charge in [0.2, 0.25) is 0 Å². The predicted molar refractivity (Wildman–Crippen MR) is 58.3 cm³/mol. The highest BCUT2D eigenvalue weighted by molar-refractivity contribution is 6.17. The van der Waals surface area contributed by atoms with Crippen LogP contribution in [0.2, 0.25) is 0 Å². The van der Waals surface area contributed by atoms with Crippen LogP contribution in [-0.4, -0.2) is 41.0 Å². The lowest BCUT2D eigenvalue weighted by Gasteiger charge is -2.10. The van der Waals surface area contributed by atoms with Crippen LogP contribution in [0, 0.1) is 0 Å². The molecule has 0 fully saturated rings. The summed E-state index contributed by atoms with van der Waals surface area (Å²) >= 11 is 5.00. The molecule has 0 radical (unpaired) electrons. The first-order valence-corrected chi connectivity index (χ1v) is 4.40. The molecule has 0 amide bonds. The quantitative estimate of drug-likeness (QED) is 0.518. The molecule has 0 atom stereocenters. The largest absolute Gasteiger partial charge is 0.316 e. The van der Waals surface area contributed by atoms with Crippen molar-refractivity contribution in [3.05, 3.63) is 0 Å². The van der Waals surface area contributed by atoms with Crippen molar-refractivity contribution in [2.24, 2.45) is 0 Å². The van der Waals surface area contributed by atoms with Gasteiger partial charge >= 0.3 is 23.1 Å². The minimum Gasteiger partial charge on any atom is -0.312 e. The zero-order chi connectivity index (χ0) is 8.57. The second kappa shape index (κ2) is 13.6. The van der Waals surface area contributed by atoms with Gasteiger partial charge in [-0.2, -0.15) is 0 Å². The summed E-state index contributed by atoms with van der Waals surface area (Å²) in [4.78, 5) is 0. The van der Waals surface area contributed by atoms with E-state index in [2.05, 4.69) is 33.0 Å². The van der Waals surface area contributed by atoms with Crippen LogP contribution in [0.1, 0.15) is 34.6 Å². The third kappa shape index (κ3) is 35.6. The molecule has 0 spiro atoms. The van der Waals surface area contributed by atoms with E-state index < -0.39 is 0 Å². The van der Waals surface area contributed by atoms with Crippen LogP contribution in [0.5, 0.6) is 0 Å². The Labute approximate surface area is 92.4 Å². The Hall–Kier alpha value is 1.02. The number of hydrogen-bond donors (Lipinski definition) is 1. The van der Waals surface area contributed by atoms with E-state index in [1.807, 2.05) is 6.92 Å². The summed E-state index contributed by atoms with van der Waals surface area (Å²) in [6, 6.07) is 1.25. The van der Waals surface area contributed by atoms with Gasteiger partial charge in [0, 0.05) is 18.0 Å². The van der Waals surface area contributed by atoms with Crippen molar-refractivity contribution in [2.75, 3.05) is 5.88 Å². The van der Waals surface area contributed by atoms with Gasteiger partial charge in [-0.3, -0.25) is 0 Å². The van der Waals surface area contributed by atoms with E-state index in [9.17, 15) is 0 Å². The topological polar surface area (TPSA) is 12.0 Å². The van der Waals surface area contributed by atoms with Crippen LogP contribution >= 0.6 is 11.6 Å². The Kier molecular flexibility index (Phi) is 22.2. The van der Waals surface area contributed by atoms with Crippen LogP contribution in [0.4, 0.5) is 0 Å². The van der Waals surface area contributed by atoms with Gasteiger partial charge in [0.1, 0.15) is 0 Å². The number of alkyl halides is 1. The van der Waals surface area contributed by atoms with Crippen molar-refractivity contribution in [2.45, 2.75) is 46.7 Å². The summed E-state index contributed by atoms with van der Waals surface area (Å²) < 4.78 is 0. The normalized spacial score (nSPS) is 8.73. The molecule has 0 heterocycles. The van der Waals surface area contributed by atoms with Gasteiger partial charge in [0.15, 0.2) is 0 Å². The van der Waals surface area contributed by atoms with Gasteiger partial charge in [-0.05, 0) is 0 Å². The zero-order valence-corrected chi connectivity index (χ0v) is 8.50. The van der Waals surface area contributed by atoms with Gasteiger partial charge in [-0.15, -0.1) is 11.6 Å². The van der Waals surface area contributed by atoms with Crippen LogP contribution < -0.4 is 5.32 Å². The maximum atomic E-state index is 5.00. The van der Waals surface area contributed by atoms with E-state index in [0.29, 0.717) is 12.1 Å². The predicted octanol–water partition coefficient (Wildman–Crippen LogP) is 1.72. The monoisotopic (exact) mass is 191 g/mol. The molecule has 0 aromatic carbocycles. The van der Waals surface area contributed by atoms with Crippen LogP contribution in [-0.2, 0) is 0 Å². The van der Waals surface area contributed by atoms with E-state index in [0.717, 1.165) is 5.88 Å². The van der Waals surface area contributed by atoms with Crippen molar-refractivity contribution >= 4 is 34.7 Å². The average molecular weight is 192 g/mol. The number of halogens is 1. The molecular weight excluding hydrogens is 170 g/mol. The second-order valence-corrected chi connectivity index (χ2v) is 3.28. The Morgan fingerprint density at radius 2 is 1.27 bits per heavy atom. The molecule has 0 aliphatic rings. The van der Waals surface area contributed by atoms with E-state index in [1.54, 1.807) is 0 Å². The summed E-state index contributed by atoms with van der Waals surface area (Å²) in [5.74, 6) is 0.722. The maximum Gasteiger partial charge on any atom is 0.316 e. The van der Waals surface area contributed by atoms with Crippen molar-refractivity contribution in [1.29, 1.82) is 0 Å². The highest BCUT2D eigenvalue weighted by atomic mass is 35.5. The van der Waals surface area contributed by atoms with E-state index in [1.165, 1.54) is 0 Å². The Morgan fingerprint density at radius 1 is 1.09 bits per heavy atom. The van der Waals surface area contributed by atoms with Crippen LogP contribution in [0.15, 0.2) is 0 Å². The zero-order valence-electron chi connectivity index (χ0n) is 7.74.